The minimum absolute atomic E-state index is 0.171. The first-order chi connectivity index (χ1) is 8.17. The first-order valence-electron chi connectivity index (χ1n) is 5.65. The topological polar surface area (TPSA) is 38.0 Å². The Labute approximate surface area is 115 Å². The summed E-state index contributed by atoms with van der Waals surface area (Å²) in [5, 5.41) is 0. The molecule has 0 aliphatic rings. The van der Waals surface area contributed by atoms with E-state index in [1.807, 2.05) is 11.8 Å². The van der Waals surface area contributed by atoms with Crippen LogP contribution in [0.15, 0.2) is 22.7 Å². The number of thioether (sulfide) groups is 1. The average molecular weight is 321 g/mol. The molecule has 0 aliphatic heterocycles. The van der Waals surface area contributed by atoms with Crippen LogP contribution in [0.3, 0.4) is 0 Å². The van der Waals surface area contributed by atoms with Gasteiger partial charge in [-0.25, -0.2) is 4.39 Å². The largest absolute Gasteiger partial charge is 0.271 e. The summed E-state index contributed by atoms with van der Waals surface area (Å²) >= 11 is 5.29. The van der Waals surface area contributed by atoms with Gasteiger partial charge in [0.15, 0.2) is 0 Å². The van der Waals surface area contributed by atoms with E-state index in [1.54, 1.807) is 12.1 Å². The van der Waals surface area contributed by atoms with Crippen molar-refractivity contribution < 1.29 is 4.39 Å². The van der Waals surface area contributed by atoms with E-state index in [0.29, 0.717) is 0 Å². The summed E-state index contributed by atoms with van der Waals surface area (Å²) in [7, 11) is 0. The van der Waals surface area contributed by atoms with Gasteiger partial charge in [0.05, 0.1) is 0 Å². The van der Waals surface area contributed by atoms with Gasteiger partial charge in [0, 0.05) is 16.3 Å². The Bertz CT molecular complexity index is 349. The molecule has 1 unspecified atom stereocenters. The number of nitrogens with one attached hydrogen (secondary N) is 1. The van der Waals surface area contributed by atoms with Crippen LogP contribution in [-0.4, -0.2) is 17.5 Å². The number of hydrazine groups is 1. The van der Waals surface area contributed by atoms with Gasteiger partial charge in [-0.15, -0.1) is 0 Å². The van der Waals surface area contributed by atoms with Crippen LogP contribution in [0, 0.1) is 5.82 Å². The molecule has 1 rings (SSSR count). The Hall–Kier alpha value is -0.100. The zero-order valence-corrected chi connectivity index (χ0v) is 12.3. The highest BCUT2D eigenvalue weighted by Gasteiger charge is 2.10. The Morgan fingerprint density at radius 2 is 2.29 bits per heavy atom. The van der Waals surface area contributed by atoms with Crippen molar-refractivity contribution in [1.29, 1.82) is 0 Å². The van der Waals surface area contributed by atoms with Crippen LogP contribution >= 0.6 is 27.7 Å². The first-order valence-corrected chi connectivity index (χ1v) is 7.60. The van der Waals surface area contributed by atoms with Crippen LogP contribution in [0.5, 0.6) is 0 Å². The monoisotopic (exact) mass is 320 g/mol. The summed E-state index contributed by atoms with van der Waals surface area (Å²) in [6, 6.07) is 4.91. The number of halogens is 2. The normalized spacial score (nSPS) is 12.7. The number of hydrogen-bond donors (Lipinski definition) is 2. The molecule has 0 aliphatic carbocycles. The van der Waals surface area contributed by atoms with E-state index in [0.717, 1.165) is 34.4 Å². The highest BCUT2D eigenvalue weighted by molar-refractivity contribution is 9.10. The van der Waals surface area contributed by atoms with Crippen LogP contribution in [0.1, 0.15) is 18.9 Å². The summed E-state index contributed by atoms with van der Waals surface area (Å²) < 4.78 is 14.1. The van der Waals surface area contributed by atoms with Crippen molar-refractivity contribution in [2.45, 2.75) is 25.8 Å². The van der Waals surface area contributed by atoms with Crippen LogP contribution in [-0.2, 0) is 6.42 Å². The highest BCUT2D eigenvalue weighted by Crippen LogP contribution is 2.20. The molecule has 96 valence electrons. The lowest BCUT2D eigenvalue weighted by Gasteiger charge is -2.16. The standard InChI is InChI=1S/C12H18BrFN2S/c1-2-5-17-8-11(16-15)7-9-6-10(14)3-4-12(9)13/h3-4,6,11,16H,2,5,7-8,15H2,1H3. The van der Waals surface area contributed by atoms with Gasteiger partial charge < -0.3 is 0 Å². The number of nitrogens with two attached hydrogens (primary N) is 1. The Balaban J connectivity index is 2.57. The molecule has 1 aromatic rings. The quantitative estimate of drug-likeness (QED) is 0.460. The molecule has 0 amide bonds. The Kier molecular flexibility index (Phi) is 7.11. The summed E-state index contributed by atoms with van der Waals surface area (Å²) in [4.78, 5) is 0. The van der Waals surface area contributed by atoms with Crippen molar-refractivity contribution >= 4 is 27.7 Å². The third-order valence-electron chi connectivity index (χ3n) is 2.38. The SMILES string of the molecule is CCCSCC(Cc1cc(F)ccc1Br)NN. The lowest BCUT2D eigenvalue weighted by Crippen LogP contribution is -2.38. The molecule has 3 N–H and O–H groups in total. The van der Waals surface area contributed by atoms with E-state index in [9.17, 15) is 4.39 Å². The van der Waals surface area contributed by atoms with Gasteiger partial charge in [-0.3, -0.25) is 11.3 Å². The Morgan fingerprint density at radius 3 is 2.94 bits per heavy atom. The Morgan fingerprint density at radius 1 is 1.53 bits per heavy atom. The highest BCUT2D eigenvalue weighted by atomic mass is 79.9. The van der Waals surface area contributed by atoms with Crippen LogP contribution in [0.25, 0.3) is 0 Å². The molecule has 0 aromatic heterocycles. The van der Waals surface area contributed by atoms with E-state index in [-0.39, 0.29) is 11.9 Å². The third kappa shape index (κ3) is 5.38. The number of rotatable bonds is 7. The second-order valence-electron chi connectivity index (χ2n) is 3.88. The van der Waals surface area contributed by atoms with E-state index in [1.165, 1.54) is 6.07 Å². The van der Waals surface area contributed by atoms with Gasteiger partial charge in [-0.1, -0.05) is 22.9 Å². The van der Waals surface area contributed by atoms with E-state index in [2.05, 4.69) is 28.3 Å². The second kappa shape index (κ2) is 8.08. The molecule has 0 fully saturated rings. The van der Waals surface area contributed by atoms with Crippen molar-refractivity contribution in [3.8, 4) is 0 Å². The fraction of sp³-hybridized carbons (Fsp3) is 0.500. The molecule has 0 saturated heterocycles. The van der Waals surface area contributed by atoms with Crippen LogP contribution in [0.4, 0.5) is 4.39 Å². The maximum Gasteiger partial charge on any atom is 0.123 e. The molecule has 0 saturated carbocycles. The van der Waals surface area contributed by atoms with Crippen molar-refractivity contribution in [1.82, 2.24) is 5.43 Å². The molecule has 1 aromatic carbocycles. The molecule has 0 radical (unpaired) electrons. The van der Waals surface area contributed by atoms with Crippen molar-refractivity contribution in [2.24, 2.45) is 5.84 Å². The lowest BCUT2D eigenvalue weighted by molar-refractivity contribution is 0.569. The minimum atomic E-state index is -0.208. The van der Waals surface area contributed by atoms with Crippen LogP contribution < -0.4 is 11.3 Å². The summed E-state index contributed by atoms with van der Waals surface area (Å²) in [6.45, 7) is 2.15. The van der Waals surface area contributed by atoms with Crippen molar-refractivity contribution in [3.05, 3.63) is 34.1 Å². The molecule has 17 heavy (non-hydrogen) atoms. The maximum atomic E-state index is 13.1. The van der Waals surface area contributed by atoms with E-state index < -0.39 is 0 Å². The predicted molar refractivity (Wildman–Crippen MR) is 76.5 cm³/mol. The van der Waals surface area contributed by atoms with E-state index >= 15 is 0 Å². The lowest BCUT2D eigenvalue weighted by atomic mass is 10.1. The molecule has 0 heterocycles. The minimum Gasteiger partial charge on any atom is -0.271 e. The molecule has 0 bridgehead atoms. The van der Waals surface area contributed by atoms with Gasteiger partial charge in [0.1, 0.15) is 5.82 Å². The molecule has 1 atom stereocenters. The predicted octanol–water partition coefficient (Wildman–Crippen LogP) is 3.11. The van der Waals surface area contributed by atoms with Gasteiger partial charge in [-0.2, -0.15) is 11.8 Å². The smallest absolute Gasteiger partial charge is 0.123 e. The summed E-state index contributed by atoms with van der Waals surface area (Å²) in [6.07, 6.45) is 1.89. The van der Waals surface area contributed by atoms with Crippen molar-refractivity contribution in [2.75, 3.05) is 11.5 Å². The average Bonchev–Trinajstić information content (AvgIpc) is 2.32. The molecular formula is C12H18BrFN2S. The zero-order valence-electron chi connectivity index (χ0n) is 9.88. The van der Waals surface area contributed by atoms with E-state index in [4.69, 9.17) is 5.84 Å². The molecule has 0 spiro atoms. The molecule has 5 heteroatoms. The fourth-order valence-electron chi connectivity index (χ4n) is 1.50. The molecular weight excluding hydrogens is 303 g/mol. The number of hydrogen-bond acceptors (Lipinski definition) is 3. The molecule has 2 nitrogen and oxygen atoms in total. The maximum absolute atomic E-state index is 13.1. The number of benzene rings is 1. The van der Waals surface area contributed by atoms with Gasteiger partial charge in [-0.05, 0) is 42.4 Å². The van der Waals surface area contributed by atoms with Crippen molar-refractivity contribution in [3.63, 3.8) is 0 Å². The summed E-state index contributed by atoms with van der Waals surface area (Å²) in [5.74, 6) is 7.38. The van der Waals surface area contributed by atoms with Gasteiger partial charge >= 0.3 is 0 Å². The fourth-order valence-corrected chi connectivity index (χ4v) is 2.86. The zero-order chi connectivity index (χ0) is 12.7. The van der Waals surface area contributed by atoms with Crippen LogP contribution in [0.2, 0.25) is 0 Å². The van der Waals surface area contributed by atoms with Gasteiger partial charge in [0.2, 0.25) is 0 Å². The first kappa shape index (κ1) is 15.0. The third-order valence-corrected chi connectivity index (χ3v) is 4.49. The summed E-state index contributed by atoms with van der Waals surface area (Å²) in [5.41, 5.74) is 3.74. The van der Waals surface area contributed by atoms with Gasteiger partial charge in [0.25, 0.3) is 0 Å². The second-order valence-corrected chi connectivity index (χ2v) is 5.88.